The van der Waals surface area contributed by atoms with Crippen LogP contribution in [0.4, 0.5) is 20.3 Å². The van der Waals surface area contributed by atoms with Crippen molar-refractivity contribution in [2.24, 2.45) is 0 Å². The van der Waals surface area contributed by atoms with Gasteiger partial charge in [0.1, 0.15) is 18.2 Å². The lowest BCUT2D eigenvalue weighted by molar-refractivity contribution is 0.0856. The molecule has 2 heterocycles. The molecule has 0 radical (unpaired) electrons. The highest BCUT2D eigenvalue weighted by molar-refractivity contribution is 7.92. The third kappa shape index (κ3) is 7.04. The number of piperidine rings is 1. The molecule has 0 spiro atoms. The Balaban J connectivity index is 1.44. The number of ether oxygens (including phenoxy) is 1. The summed E-state index contributed by atoms with van der Waals surface area (Å²) in [5, 5.41) is 9.20. The number of nitrogen functional groups attached to an aromatic ring is 1. The van der Waals surface area contributed by atoms with Crippen molar-refractivity contribution in [3.63, 3.8) is 0 Å². The topological polar surface area (TPSA) is 131 Å². The Hall–Kier alpha value is -3.06. The Morgan fingerprint density at radius 2 is 1.92 bits per heavy atom. The van der Waals surface area contributed by atoms with E-state index in [1.807, 2.05) is 4.90 Å². The van der Waals surface area contributed by atoms with E-state index in [0.29, 0.717) is 49.4 Å². The largest absolute Gasteiger partial charge is 0.470 e. The van der Waals surface area contributed by atoms with Gasteiger partial charge in [-0.15, -0.1) is 0 Å². The van der Waals surface area contributed by atoms with Crippen LogP contribution in [-0.4, -0.2) is 59.9 Å². The van der Waals surface area contributed by atoms with Gasteiger partial charge in [-0.05, 0) is 37.1 Å². The average Bonchev–Trinajstić information content (AvgIpc) is 2.87. The molecule has 1 aromatic heterocycles. The van der Waals surface area contributed by atoms with E-state index in [-0.39, 0.29) is 29.1 Å². The molecule has 37 heavy (non-hydrogen) atoms. The van der Waals surface area contributed by atoms with Crippen LogP contribution < -0.4 is 15.2 Å². The minimum absolute atomic E-state index is 0.0706. The molecule has 0 bridgehead atoms. The van der Waals surface area contributed by atoms with Crippen LogP contribution in [0.25, 0.3) is 11.3 Å². The smallest absolute Gasteiger partial charge is 0.258 e. The van der Waals surface area contributed by atoms with Crippen molar-refractivity contribution in [2.45, 2.75) is 25.6 Å². The molecule has 0 aliphatic carbocycles. The summed E-state index contributed by atoms with van der Waals surface area (Å²) in [6.07, 6.45) is 2.33. The summed E-state index contributed by atoms with van der Waals surface area (Å²) in [5.74, 6) is -1.81. The van der Waals surface area contributed by atoms with Crippen molar-refractivity contribution in [1.82, 2.24) is 14.9 Å². The molecule has 4 N–H and O–H groups in total. The fraction of sp³-hybridized carbons (Fsp3) is 0.333. The second kappa shape index (κ2) is 11.5. The van der Waals surface area contributed by atoms with Gasteiger partial charge in [0.05, 0.1) is 28.8 Å². The van der Waals surface area contributed by atoms with E-state index in [1.54, 1.807) is 24.3 Å². The first-order chi connectivity index (χ1) is 17.6. The summed E-state index contributed by atoms with van der Waals surface area (Å²) in [6.45, 7) is 1.25. The van der Waals surface area contributed by atoms with Gasteiger partial charge in [0.2, 0.25) is 10.0 Å². The number of aliphatic hydroxyl groups excluding tert-OH is 1. The van der Waals surface area contributed by atoms with Gasteiger partial charge in [-0.3, -0.25) is 4.72 Å². The summed E-state index contributed by atoms with van der Waals surface area (Å²) < 4.78 is 61.1. The minimum Gasteiger partial charge on any atom is -0.470 e. The van der Waals surface area contributed by atoms with Gasteiger partial charge in [-0.2, -0.15) is 0 Å². The Morgan fingerprint density at radius 3 is 2.68 bits per heavy atom. The zero-order chi connectivity index (χ0) is 26.6. The van der Waals surface area contributed by atoms with Crippen molar-refractivity contribution >= 4 is 33.1 Å². The summed E-state index contributed by atoms with van der Waals surface area (Å²) in [7, 11) is -3.63. The molecule has 1 fully saturated rings. The minimum atomic E-state index is -3.63. The van der Waals surface area contributed by atoms with Crippen LogP contribution in [0, 0.1) is 11.6 Å². The zero-order valence-corrected chi connectivity index (χ0v) is 21.3. The van der Waals surface area contributed by atoms with Crippen LogP contribution >= 0.6 is 11.6 Å². The normalized spacial score (nSPS) is 15.0. The van der Waals surface area contributed by atoms with Gasteiger partial charge in [0.15, 0.2) is 5.82 Å². The number of sulfonamides is 1. The fourth-order valence-corrected chi connectivity index (χ4v) is 5.13. The standard InChI is InChI=1S/C24H26ClF2N5O4S/c25-22-18(19(26)4-5-20(22)27)14-36-24-23(28)29-13-21(30-24)15-2-1-3-16(12-15)31-37(34,35)11-10-32-8-6-17(33)7-9-32/h1-5,12-13,17,31,33H,6-11,14H2,(H2,28,29). The fourth-order valence-electron chi connectivity index (χ4n) is 3.83. The molecule has 13 heteroatoms. The highest BCUT2D eigenvalue weighted by Gasteiger charge is 2.20. The predicted molar refractivity (Wildman–Crippen MR) is 137 cm³/mol. The maximum absolute atomic E-state index is 14.1. The summed E-state index contributed by atoms with van der Waals surface area (Å²) >= 11 is 5.84. The Kier molecular flexibility index (Phi) is 8.42. The third-order valence-corrected chi connectivity index (χ3v) is 7.60. The first kappa shape index (κ1) is 27.0. The van der Waals surface area contributed by atoms with Crippen LogP contribution in [0.5, 0.6) is 5.88 Å². The molecule has 4 rings (SSSR count). The number of nitrogens with two attached hydrogens (primary N) is 1. The number of hydrogen-bond donors (Lipinski definition) is 3. The van der Waals surface area contributed by atoms with Crippen LogP contribution in [-0.2, 0) is 16.6 Å². The molecule has 198 valence electrons. The number of benzene rings is 2. The van der Waals surface area contributed by atoms with Gasteiger partial charge < -0.3 is 20.5 Å². The molecule has 1 saturated heterocycles. The first-order valence-corrected chi connectivity index (χ1v) is 13.5. The highest BCUT2D eigenvalue weighted by Crippen LogP contribution is 2.28. The second-order valence-electron chi connectivity index (χ2n) is 8.63. The molecule has 0 amide bonds. The van der Waals surface area contributed by atoms with Crippen LogP contribution in [0.15, 0.2) is 42.6 Å². The molecule has 3 aromatic rings. The zero-order valence-electron chi connectivity index (χ0n) is 19.7. The summed E-state index contributed by atoms with van der Waals surface area (Å²) in [4.78, 5) is 10.4. The van der Waals surface area contributed by atoms with Gasteiger partial charge in [0, 0.05) is 36.4 Å². The van der Waals surface area contributed by atoms with Gasteiger partial charge in [-0.25, -0.2) is 27.2 Å². The monoisotopic (exact) mass is 553 g/mol. The average molecular weight is 554 g/mol. The Bertz CT molecular complexity index is 1370. The second-order valence-corrected chi connectivity index (χ2v) is 10.9. The van der Waals surface area contributed by atoms with E-state index in [2.05, 4.69) is 14.7 Å². The Morgan fingerprint density at radius 1 is 1.19 bits per heavy atom. The molecule has 0 atom stereocenters. The number of halogens is 3. The maximum Gasteiger partial charge on any atom is 0.258 e. The van der Waals surface area contributed by atoms with Crippen LogP contribution in [0.3, 0.4) is 0 Å². The lowest BCUT2D eigenvalue weighted by Gasteiger charge is -2.29. The number of rotatable bonds is 9. The number of aromatic nitrogens is 2. The van der Waals surface area contributed by atoms with E-state index in [1.165, 1.54) is 6.20 Å². The van der Waals surface area contributed by atoms with Crippen molar-refractivity contribution in [2.75, 3.05) is 35.8 Å². The predicted octanol–water partition coefficient (Wildman–Crippen LogP) is 3.43. The maximum atomic E-state index is 14.1. The lowest BCUT2D eigenvalue weighted by atomic mass is 10.1. The quantitative estimate of drug-likeness (QED) is 0.344. The van der Waals surface area contributed by atoms with E-state index in [9.17, 15) is 22.3 Å². The molecular weight excluding hydrogens is 528 g/mol. The Labute approximate surface area is 218 Å². The highest BCUT2D eigenvalue weighted by atomic mass is 35.5. The SMILES string of the molecule is Nc1ncc(-c2cccc(NS(=O)(=O)CCN3CCC(O)CC3)c2)nc1OCc1c(F)ccc(F)c1Cl. The van der Waals surface area contributed by atoms with Gasteiger partial charge in [0.25, 0.3) is 5.88 Å². The number of nitrogens with one attached hydrogen (secondary N) is 1. The van der Waals surface area contributed by atoms with Crippen LogP contribution in [0.1, 0.15) is 18.4 Å². The number of nitrogens with zero attached hydrogens (tertiary/aromatic N) is 3. The van der Waals surface area contributed by atoms with E-state index in [4.69, 9.17) is 22.1 Å². The van der Waals surface area contributed by atoms with Crippen molar-refractivity contribution < 1.29 is 27.0 Å². The van der Waals surface area contributed by atoms with E-state index in [0.717, 1.165) is 12.1 Å². The molecule has 2 aromatic carbocycles. The molecule has 9 nitrogen and oxygen atoms in total. The van der Waals surface area contributed by atoms with Gasteiger partial charge >= 0.3 is 0 Å². The number of likely N-dealkylation sites (tertiary alicyclic amines) is 1. The molecule has 1 aliphatic rings. The molecule has 0 unspecified atom stereocenters. The van der Waals surface area contributed by atoms with Gasteiger partial charge in [-0.1, -0.05) is 23.7 Å². The number of anilines is 2. The molecule has 0 saturated carbocycles. The number of hydrogen-bond acceptors (Lipinski definition) is 8. The van der Waals surface area contributed by atoms with Crippen molar-refractivity contribution in [3.8, 4) is 17.1 Å². The van der Waals surface area contributed by atoms with E-state index < -0.39 is 33.3 Å². The molecule has 1 aliphatic heterocycles. The first-order valence-electron chi connectivity index (χ1n) is 11.5. The van der Waals surface area contributed by atoms with Crippen molar-refractivity contribution in [1.29, 1.82) is 0 Å². The van der Waals surface area contributed by atoms with Crippen LogP contribution in [0.2, 0.25) is 5.02 Å². The summed E-state index contributed by atoms with van der Waals surface area (Å²) in [5.41, 5.74) is 6.84. The van der Waals surface area contributed by atoms with Crippen molar-refractivity contribution in [3.05, 3.63) is 64.8 Å². The number of aliphatic hydroxyl groups is 1. The lowest BCUT2D eigenvalue weighted by Crippen LogP contribution is -2.39. The van der Waals surface area contributed by atoms with E-state index >= 15 is 0 Å². The molecular formula is C24H26ClF2N5O4S. The third-order valence-electron chi connectivity index (χ3n) is 5.92. The summed E-state index contributed by atoms with van der Waals surface area (Å²) in [6, 6.07) is 8.39.